The molecule has 1 fully saturated rings. The first-order valence-corrected chi connectivity index (χ1v) is 8.69. The van der Waals surface area contributed by atoms with Crippen molar-refractivity contribution < 1.29 is 35.4 Å². The van der Waals surface area contributed by atoms with E-state index in [2.05, 4.69) is 20.3 Å². The molecule has 0 amide bonds. The zero-order valence-corrected chi connectivity index (χ0v) is 14.9. The van der Waals surface area contributed by atoms with Crippen LogP contribution in [0.3, 0.4) is 0 Å². The number of nitrogens with one attached hydrogen (secondary N) is 1. The van der Waals surface area contributed by atoms with Crippen molar-refractivity contribution in [1.82, 2.24) is 19.5 Å². The zero-order valence-electron chi connectivity index (χ0n) is 14.9. The Labute approximate surface area is 163 Å². The molecule has 1 unspecified atom stereocenters. The van der Waals surface area contributed by atoms with E-state index in [0.717, 1.165) is 0 Å². The van der Waals surface area contributed by atoms with Crippen molar-refractivity contribution in [1.29, 1.82) is 0 Å². The number of phenolic OH excluding ortho intramolecular Hbond substituents is 3. The average Bonchev–Trinajstić information content (AvgIpc) is 3.27. The number of aliphatic hydroxyl groups is 3. The quantitative estimate of drug-likeness (QED) is 0.263. The number of aliphatic hydroxyl groups excluding tert-OH is 3. The molecule has 0 aliphatic carbocycles. The molecule has 1 aromatic carbocycles. The first kappa shape index (κ1) is 19.1. The van der Waals surface area contributed by atoms with Gasteiger partial charge in [0.15, 0.2) is 34.7 Å². The summed E-state index contributed by atoms with van der Waals surface area (Å²) in [5.74, 6) is -1.20. The van der Waals surface area contributed by atoms with Crippen LogP contribution in [0.15, 0.2) is 24.8 Å². The van der Waals surface area contributed by atoms with Crippen molar-refractivity contribution in [2.24, 2.45) is 0 Å². The smallest absolute Gasteiger partial charge is 0.200 e. The van der Waals surface area contributed by atoms with E-state index >= 15 is 0 Å². The van der Waals surface area contributed by atoms with E-state index in [4.69, 9.17) is 4.74 Å². The molecule has 1 aliphatic rings. The molecule has 3 heterocycles. The largest absolute Gasteiger partial charge is 0.504 e. The fourth-order valence-electron chi connectivity index (χ4n) is 3.21. The minimum atomic E-state index is -1.28. The summed E-state index contributed by atoms with van der Waals surface area (Å²) in [6.07, 6.45) is -1.84. The molecule has 29 heavy (non-hydrogen) atoms. The Hall–Kier alpha value is -3.19. The normalized spacial score (nSPS) is 24.2. The van der Waals surface area contributed by atoms with E-state index < -0.39 is 48.4 Å². The Morgan fingerprint density at radius 2 is 1.83 bits per heavy atom. The minimum Gasteiger partial charge on any atom is -0.504 e. The van der Waals surface area contributed by atoms with Crippen molar-refractivity contribution in [2.45, 2.75) is 31.1 Å². The number of hydrogen-bond donors (Lipinski definition) is 7. The molecular formula is C17H19N5O7. The maximum Gasteiger partial charge on any atom is 0.200 e. The van der Waals surface area contributed by atoms with E-state index in [0.29, 0.717) is 22.5 Å². The van der Waals surface area contributed by atoms with Gasteiger partial charge in [0, 0.05) is 12.1 Å². The maximum atomic E-state index is 10.2. The van der Waals surface area contributed by atoms with E-state index in [-0.39, 0.29) is 6.54 Å². The number of aromatic hydroxyl groups is 3. The number of hydrogen-bond acceptors (Lipinski definition) is 11. The number of fused-ring (bicyclic) bond motifs is 1. The van der Waals surface area contributed by atoms with Crippen LogP contribution in [0.25, 0.3) is 11.2 Å². The third-order valence-corrected chi connectivity index (χ3v) is 4.81. The van der Waals surface area contributed by atoms with Crippen LogP contribution in [-0.2, 0) is 11.3 Å². The predicted octanol–water partition coefficient (Wildman–Crippen LogP) is -0.833. The summed E-state index contributed by atoms with van der Waals surface area (Å²) in [7, 11) is 0. The number of anilines is 1. The van der Waals surface area contributed by atoms with E-state index in [1.807, 2.05) is 0 Å². The molecule has 3 aromatic rings. The lowest BCUT2D eigenvalue weighted by atomic mass is 10.1. The van der Waals surface area contributed by atoms with Gasteiger partial charge in [-0.05, 0) is 12.1 Å². The van der Waals surface area contributed by atoms with Gasteiger partial charge in [0.1, 0.15) is 24.6 Å². The molecule has 4 atom stereocenters. The van der Waals surface area contributed by atoms with Gasteiger partial charge in [-0.15, -0.1) is 0 Å². The van der Waals surface area contributed by atoms with Crippen LogP contribution in [0.5, 0.6) is 17.2 Å². The van der Waals surface area contributed by atoms with Crippen LogP contribution in [0, 0.1) is 0 Å². The summed E-state index contributed by atoms with van der Waals surface area (Å²) in [5.41, 5.74) is 0.970. The van der Waals surface area contributed by atoms with Crippen LogP contribution in [-0.4, -0.2) is 75.1 Å². The number of benzene rings is 1. The van der Waals surface area contributed by atoms with Crippen LogP contribution in [0.1, 0.15) is 11.8 Å². The summed E-state index contributed by atoms with van der Waals surface area (Å²) in [6.45, 7) is -0.390. The molecule has 0 radical (unpaired) electrons. The van der Waals surface area contributed by atoms with Crippen LogP contribution in [0.4, 0.5) is 5.82 Å². The van der Waals surface area contributed by atoms with Crippen molar-refractivity contribution in [3.8, 4) is 17.2 Å². The Morgan fingerprint density at radius 3 is 2.55 bits per heavy atom. The fourth-order valence-corrected chi connectivity index (χ4v) is 3.21. The topological polar surface area (TPSA) is 186 Å². The van der Waals surface area contributed by atoms with Gasteiger partial charge < -0.3 is 40.7 Å². The monoisotopic (exact) mass is 405 g/mol. The van der Waals surface area contributed by atoms with Gasteiger partial charge >= 0.3 is 0 Å². The maximum absolute atomic E-state index is 10.2. The summed E-state index contributed by atoms with van der Waals surface area (Å²) in [6, 6.07) is 2.69. The Bertz CT molecular complexity index is 1040. The Balaban J connectivity index is 1.61. The number of nitrogens with zero attached hydrogens (tertiary/aromatic N) is 4. The van der Waals surface area contributed by atoms with Crippen LogP contribution >= 0.6 is 0 Å². The molecular weight excluding hydrogens is 386 g/mol. The van der Waals surface area contributed by atoms with Gasteiger partial charge in [-0.3, -0.25) is 4.57 Å². The lowest BCUT2D eigenvalue weighted by Gasteiger charge is -2.16. The average molecular weight is 405 g/mol. The number of phenols is 3. The lowest BCUT2D eigenvalue weighted by molar-refractivity contribution is -0.0511. The van der Waals surface area contributed by atoms with Gasteiger partial charge in [-0.25, -0.2) is 15.0 Å². The molecule has 2 aromatic heterocycles. The molecule has 7 N–H and O–H groups in total. The Kier molecular flexibility index (Phi) is 4.84. The second-order valence-corrected chi connectivity index (χ2v) is 6.57. The molecule has 0 bridgehead atoms. The molecule has 12 heteroatoms. The Morgan fingerprint density at radius 1 is 1.03 bits per heavy atom. The van der Waals surface area contributed by atoms with Crippen molar-refractivity contribution >= 4 is 17.0 Å². The van der Waals surface area contributed by atoms with Gasteiger partial charge in [-0.1, -0.05) is 0 Å². The number of imidazole rings is 1. The minimum absolute atomic E-state index is 0.0620. The van der Waals surface area contributed by atoms with Gasteiger partial charge in [0.25, 0.3) is 0 Å². The highest BCUT2D eigenvalue weighted by atomic mass is 16.6. The van der Waals surface area contributed by atoms with E-state index in [1.54, 1.807) is 0 Å². The number of aromatic nitrogens is 4. The third-order valence-electron chi connectivity index (χ3n) is 4.81. The highest BCUT2D eigenvalue weighted by Gasteiger charge is 2.44. The molecule has 12 nitrogen and oxygen atoms in total. The summed E-state index contributed by atoms with van der Waals surface area (Å²) < 4.78 is 6.93. The molecule has 1 saturated heterocycles. The summed E-state index contributed by atoms with van der Waals surface area (Å²) in [4.78, 5) is 12.5. The van der Waals surface area contributed by atoms with Gasteiger partial charge in [0.05, 0.1) is 12.9 Å². The molecule has 1 aliphatic heterocycles. The first-order valence-electron chi connectivity index (χ1n) is 8.69. The number of rotatable bonds is 5. The van der Waals surface area contributed by atoms with Crippen LogP contribution in [0.2, 0.25) is 0 Å². The number of ether oxygens (including phenoxy) is 1. The van der Waals surface area contributed by atoms with Crippen molar-refractivity contribution in [3.63, 3.8) is 0 Å². The molecule has 0 saturated carbocycles. The summed E-state index contributed by atoms with van der Waals surface area (Å²) in [5, 5.41) is 61.4. The highest BCUT2D eigenvalue weighted by molar-refractivity contribution is 5.82. The lowest BCUT2D eigenvalue weighted by Crippen LogP contribution is -2.33. The second kappa shape index (κ2) is 7.33. The first-order chi connectivity index (χ1) is 13.9. The third kappa shape index (κ3) is 3.17. The highest BCUT2D eigenvalue weighted by Crippen LogP contribution is 2.37. The fraction of sp³-hybridized carbons (Fsp3) is 0.353. The molecule has 0 spiro atoms. The van der Waals surface area contributed by atoms with E-state index in [1.165, 1.54) is 29.4 Å². The van der Waals surface area contributed by atoms with Crippen molar-refractivity contribution in [3.05, 3.63) is 30.4 Å². The second-order valence-electron chi connectivity index (χ2n) is 6.57. The predicted molar refractivity (Wildman–Crippen MR) is 97.1 cm³/mol. The summed E-state index contributed by atoms with van der Waals surface area (Å²) >= 11 is 0. The standard InChI is InChI=1S/C17H19N5O7/c23-4-9-13(27)14(28)17(29-9)22-6-21-10-15(19-5-20-16(10)22)18-3-7-1-2-8(24)12(26)11(7)25/h1-2,5-6,9,13-14,17,23-28H,3-4H2,(H,18,19,20)/t9-,13-,14+,17?/m1/s1. The van der Waals surface area contributed by atoms with Crippen LogP contribution < -0.4 is 5.32 Å². The van der Waals surface area contributed by atoms with Gasteiger partial charge in [0.2, 0.25) is 5.75 Å². The SMILES string of the molecule is OC[C@H]1OC(n2cnc3c(NCc4ccc(O)c(O)c4O)ncnc32)[C@@H](O)[C@@H]1O. The zero-order chi connectivity index (χ0) is 20.7. The molecule has 154 valence electrons. The van der Waals surface area contributed by atoms with Crippen molar-refractivity contribution in [2.75, 3.05) is 11.9 Å². The van der Waals surface area contributed by atoms with Gasteiger partial charge in [-0.2, -0.15) is 0 Å². The molecule has 4 rings (SSSR count). The van der Waals surface area contributed by atoms with E-state index in [9.17, 15) is 30.6 Å².